The Morgan fingerprint density at radius 3 is 2.54 bits per heavy atom. The fourth-order valence-corrected chi connectivity index (χ4v) is 2.74. The number of allylic oxidation sites excluding steroid dienone is 3. The summed E-state index contributed by atoms with van der Waals surface area (Å²) in [5.74, 6) is 1.10. The lowest BCUT2D eigenvalue weighted by Gasteiger charge is -2.14. The summed E-state index contributed by atoms with van der Waals surface area (Å²) in [6.07, 6.45) is 6.18. The van der Waals surface area contributed by atoms with Gasteiger partial charge in [-0.3, -0.25) is 0 Å². The van der Waals surface area contributed by atoms with Crippen LogP contribution in [0.15, 0.2) is 50.7 Å². The van der Waals surface area contributed by atoms with E-state index in [4.69, 9.17) is 18.6 Å². The molecule has 0 saturated heterocycles. The Morgan fingerprint density at radius 1 is 1.14 bits per heavy atom. The lowest BCUT2D eigenvalue weighted by molar-refractivity contribution is 0.220. The van der Waals surface area contributed by atoms with Gasteiger partial charge in [-0.1, -0.05) is 17.2 Å². The van der Waals surface area contributed by atoms with Gasteiger partial charge in [-0.2, -0.15) is 0 Å². The van der Waals surface area contributed by atoms with E-state index in [9.17, 15) is 4.79 Å². The third-order valence-corrected chi connectivity index (χ3v) is 4.12. The van der Waals surface area contributed by atoms with Gasteiger partial charge in [0.2, 0.25) is 5.75 Å². The summed E-state index contributed by atoms with van der Waals surface area (Å²) in [5, 5.41) is 0.665. The van der Waals surface area contributed by atoms with Gasteiger partial charge < -0.3 is 18.6 Å². The molecule has 0 spiro atoms. The predicted molar refractivity (Wildman–Crippen MR) is 113 cm³/mol. The number of ether oxygens (including phenoxy) is 3. The van der Waals surface area contributed by atoms with Crippen molar-refractivity contribution in [2.75, 3.05) is 13.7 Å². The second-order valence-electron chi connectivity index (χ2n) is 7.26. The van der Waals surface area contributed by atoms with Gasteiger partial charge in [-0.05, 0) is 65.7 Å². The standard InChI is InChI=1S/C23H30O5/c1-15(2)8-7-9-17(5)12-13-26-18-10-11-19-20(14-18)28-23(24)22(21(19)25-6)27-16(3)4/h8,10-12,14,16H,7,9,13H2,1-6H3. The predicted octanol–water partition coefficient (Wildman–Crippen LogP) is 5.66. The summed E-state index contributed by atoms with van der Waals surface area (Å²) in [5.41, 5.74) is 2.45. The normalized spacial score (nSPS) is 11.6. The number of methoxy groups -OCH3 is 1. The Hall–Kier alpha value is -2.69. The van der Waals surface area contributed by atoms with Crippen molar-refractivity contribution in [3.05, 3.63) is 51.9 Å². The van der Waals surface area contributed by atoms with E-state index in [0.29, 0.717) is 29.1 Å². The van der Waals surface area contributed by atoms with Crippen LogP contribution in [0.1, 0.15) is 47.5 Å². The highest BCUT2D eigenvalue weighted by Crippen LogP contribution is 2.34. The summed E-state index contributed by atoms with van der Waals surface area (Å²) in [4.78, 5) is 12.3. The average Bonchev–Trinajstić information content (AvgIpc) is 2.61. The van der Waals surface area contributed by atoms with Crippen molar-refractivity contribution in [1.29, 1.82) is 0 Å². The van der Waals surface area contributed by atoms with Gasteiger partial charge >= 0.3 is 5.63 Å². The number of benzene rings is 1. The molecule has 0 saturated carbocycles. The van der Waals surface area contributed by atoms with Gasteiger partial charge in [-0.15, -0.1) is 0 Å². The summed E-state index contributed by atoms with van der Waals surface area (Å²) in [7, 11) is 1.51. The first kappa shape index (κ1) is 21.6. The lowest BCUT2D eigenvalue weighted by atomic mass is 10.1. The first-order valence-corrected chi connectivity index (χ1v) is 9.55. The highest BCUT2D eigenvalue weighted by Gasteiger charge is 2.18. The maximum absolute atomic E-state index is 12.3. The first-order chi connectivity index (χ1) is 13.3. The van der Waals surface area contributed by atoms with Gasteiger partial charge in [-0.25, -0.2) is 4.79 Å². The van der Waals surface area contributed by atoms with E-state index in [1.807, 2.05) is 26.0 Å². The smallest absolute Gasteiger partial charge is 0.383 e. The molecule has 0 unspecified atom stereocenters. The van der Waals surface area contributed by atoms with E-state index in [2.05, 4.69) is 32.9 Å². The van der Waals surface area contributed by atoms with E-state index in [1.54, 1.807) is 6.07 Å². The fourth-order valence-electron chi connectivity index (χ4n) is 2.74. The molecular weight excluding hydrogens is 356 g/mol. The highest BCUT2D eigenvalue weighted by atomic mass is 16.5. The summed E-state index contributed by atoms with van der Waals surface area (Å²) >= 11 is 0. The van der Waals surface area contributed by atoms with Crippen LogP contribution in [0, 0.1) is 0 Å². The molecule has 1 heterocycles. The van der Waals surface area contributed by atoms with Crippen LogP contribution in [-0.4, -0.2) is 19.8 Å². The zero-order valence-corrected chi connectivity index (χ0v) is 17.6. The van der Waals surface area contributed by atoms with Crippen molar-refractivity contribution >= 4 is 11.0 Å². The molecule has 5 nitrogen and oxygen atoms in total. The van der Waals surface area contributed by atoms with Crippen molar-refractivity contribution < 1.29 is 18.6 Å². The maximum atomic E-state index is 12.3. The van der Waals surface area contributed by atoms with Crippen molar-refractivity contribution in [1.82, 2.24) is 0 Å². The average molecular weight is 386 g/mol. The van der Waals surface area contributed by atoms with Crippen LogP contribution >= 0.6 is 0 Å². The Balaban J connectivity index is 2.16. The Bertz CT molecular complexity index is 914. The third kappa shape index (κ3) is 5.91. The van der Waals surface area contributed by atoms with Gasteiger partial charge in [0.1, 0.15) is 17.9 Å². The van der Waals surface area contributed by atoms with Crippen molar-refractivity contribution in [2.45, 2.75) is 53.6 Å². The molecule has 0 atom stereocenters. The van der Waals surface area contributed by atoms with E-state index in [-0.39, 0.29) is 11.9 Å². The van der Waals surface area contributed by atoms with Crippen LogP contribution in [0.5, 0.6) is 17.2 Å². The molecule has 1 aromatic heterocycles. The first-order valence-electron chi connectivity index (χ1n) is 9.55. The van der Waals surface area contributed by atoms with Gasteiger partial charge in [0.25, 0.3) is 0 Å². The van der Waals surface area contributed by atoms with E-state index in [0.717, 1.165) is 12.8 Å². The molecule has 0 radical (unpaired) electrons. The third-order valence-electron chi connectivity index (χ3n) is 4.12. The molecule has 0 amide bonds. The molecule has 0 aliphatic heterocycles. The molecule has 2 aromatic rings. The zero-order valence-electron chi connectivity index (χ0n) is 17.6. The quantitative estimate of drug-likeness (QED) is 0.411. The van der Waals surface area contributed by atoms with Crippen LogP contribution in [-0.2, 0) is 0 Å². The molecule has 152 valence electrons. The van der Waals surface area contributed by atoms with Crippen LogP contribution < -0.4 is 19.8 Å². The molecule has 0 bridgehead atoms. The highest BCUT2D eigenvalue weighted by molar-refractivity contribution is 5.86. The second kappa shape index (κ2) is 10.0. The number of hydrogen-bond donors (Lipinski definition) is 0. The summed E-state index contributed by atoms with van der Waals surface area (Å²) in [6.45, 7) is 10.5. The molecule has 28 heavy (non-hydrogen) atoms. The van der Waals surface area contributed by atoms with Gasteiger partial charge in [0, 0.05) is 6.07 Å². The van der Waals surface area contributed by atoms with Crippen molar-refractivity contribution in [3.63, 3.8) is 0 Å². The largest absolute Gasteiger partial charge is 0.492 e. The summed E-state index contributed by atoms with van der Waals surface area (Å²) in [6, 6.07) is 5.34. The molecule has 5 heteroatoms. The monoisotopic (exact) mass is 386 g/mol. The van der Waals surface area contributed by atoms with E-state index >= 15 is 0 Å². The molecule has 0 fully saturated rings. The molecule has 0 aliphatic carbocycles. The second-order valence-corrected chi connectivity index (χ2v) is 7.26. The van der Waals surface area contributed by atoms with Crippen LogP contribution in [0.2, 0.25) is 0 Å². The molecule has 0 N–H and O–H groups in total. The fraction of sp³-hybridized carbons (Fsp3) is 0.435. The number of fused-ring (bicyclic) bond motifs is 1. The lowest BCUT2D eigenvalue weighted by Crippen LogP contribution is -2.14. The maximum Gasteiger partial charge on any atom is 0.383 e. The summed E-state index contributed by atoms with van der Waals surface area (Å²) < 4.78 is 22.2. The van der Waals surface area contributed by atoms with Crippen molar-refractivity contribution in [2.24, 2.45) is 0 Å². The molecule has 0 aliphatic rings. The topological polar surface area (TPSA) is 57.9 Å². The molecule has 1 aromatic carbocycles. The number of hydrogen-bond acceptors (Lipinski definition) is 5. The molecular formula is C23H30O5. The Kier molecular flexibility index (Phi) is 7.73. The van der Waals surface area contributed by atoms with Gasteiger partial charge in [0.15, 0.2) is 5.75 Å². The van der Waals surface area contributed by atoms with Crippen molar-refractivity contribution in [3.8, 4) is 17.2 Å². The Labute approximate surface area is 166 Å². The Morgan fingerprint density at radius 2 is 1.89 bits per heavy atom. The zero-order chi connectivity index (χ0) is 20.7. The van der Waals surface area contributed by atoms with E-state index in [1.165, 1.54) is 18.3 Å². The minimum atomic E-state index is -0.565. The molecule has 2 rings (SSSR count). The van der Waals surface area contributed by atoms with Crippen LogP contribution in [0.3, 0.4) is 0 Å². The van der Waals surface area contributed by atoms with Crippen LogP contribution in [0.4, 0.5) is 0 Å². The van der Waals surface area contributed by atoms with E-state index < -0.39 is 5.63 Å². The number of rotatable bonds is 9. The van der Waals surface area contributed by atoms with Gasteiger partial charge in [0.05, 0.1) is 18.6 Å². The minimum absolute atomic E-state index is 0.0913. The minimum Gasteiger partial charge on any atom is -0.492 e. The SMILES string of the molecule is COc1c(OC(C)C)c(=O)oc2cc(OCC=C(C)CCC=C(C)C)ccc12. The van der Waals surface area contributed by atoms with Crippen LogP contribution in [0.25, 0.3) is 11.0 Å².